The first kappa shape index (κ1) is 15.6. The molecule has 4 heteroatoms. The van der Waals surface area contributed by atoms with Crippen LogP contribution in [-0.2, 0) is 4.74 Å². The summed E-state index contributed by atoms with van der Waals surface area (Å²) < 4.78 is 4.97. The number of rotatable bonds is 2. The van der Waals surface area contributed by atoms with Gasteiger partial charge in [0.05, 0.1) is 12.7 Å². The molecule has 0 amide bonds. The lowest BCUT2D eigenvalue weighted by molar-refractivity contribution is 0.0601. The smallest absolute Gasteiger partial charge is 0.338 e. The monoisotopic (exact) mass is 352 g/mol. The summed E-state index contributed by atoms with van der Waals surface area (Å²) in [6.07, 6.45) is 3.34. The highest BCUT2D eigenvalue weighted by atomic mass is 16.5. The van der Waals surface area contributed by atoms with Gasteiger partial charge in [-0.05, 0) is 34.5 Å². The quantitative estimate of drug-likeness (QED) is 0.437. The molecule has 130 valence electrons. The number of aromatic amines is 1. The van der Waals surface area contributed by atoms with Crippen LogP contribution in [-0.4, -0.2) is 23.0 Å². The van der Waals surface area contributed by atoms with Gasteiger partial charge in [-0.2, -0.15) is 0 Å². The molecular formula is C23H16N2O2. The van der Waals surface area contributed by atoms with E-state index >= 15 is 0 Å². The van der Waals surface area contributed by atoms with Gasteiger partial charge in [0.2, 0.25) is 0 Å². The zero-order chi connectivity index (χ0) is 18.4. The Labute approximate surface area is 155 Å². The van der Waals surface area contributed by atoms with Crippen LogP contribution in [0, 0.1) is 0 Å². The number of carbonyl (C=O) groups is 1. The molecule has 0 aliphatic rings. The maximum atomic E-state index is 12.3. The summed E-state index contributed by atoms with van der Waals surface area (Å²) in [4.78, 5) is 20.0. The van der Waals surface area contributed by atoms with Crippen molar-refractivity contribution in [1.82, 2.24) is 9.97 Å². The molecule has 0 saturated heterocycles. The Bertz CT molecular complexity index is 1330. The minimum absolute atomic E-state index is 0.367. The number of para-hydroxylation sites is 1. The first-order chi connectivity index (χ1) is 13.3. The largest absolute Gasteiger partial charge is 0.465 e. The lowest BCUT2D eigenvalue weighted by Gasteiger charge is -2.12. The van der Waals surface area contributed by atoms with Crippen LogP contribution in [0.3, 0.4) is 0 Å². The number of nitrogens with zero attached hydrogens (tertiary/aromatic N) is 1. The molecule has 27 heavy (non-hydrogen) atoms. The third kappa shape index (κ3) is 2.30. The van der Waals surface area contributed by atoms with Gasteiger partial charge in [-0.1, -0.05) is 42.5 Å². The third-order valence-corrected chi connectivity index (χ3v) is 5.03. The van der Waals surface area contributed by atoms with Gasteiger partial charge in [-0.25, -0.2) is 4.79 Å². The fourth-order valence-electron chi connectivity index (χ4n) is 3.84. The first-order valence-corrected chi connectivity index (χ1v) is 8.73. The minimum atomic E-state index is -0.367. The second kappa shape index (κ2) is 5.95. The molecule has 0 radical (unpaired) electrons. The van der Waals surface area contributed by atoms with Gasteiger partial charge >= 0.3 is 5.97 Å². The highest BCUT2D eigenvalue weighted by molar-refractivity contribution is 6.23. The summed E-state index contributed by atoms with van der Waals surface area (Å²) in [6, 6.07) is 20.3. The molecule has 0 aliphatic carbocycles. The van der Waals surface area contributed by atoms with Gasteiger partial charge in [-0.15, -0.1) is 0 Å². The van der Waals surface area contributed by atoms with Gasteiger partial charge < -0.3 is 9.72 Å². The third-order valence-electron chi connectivity index (χ3n) is 5.03. The molecule has 1 N–H and O–H groups in total. The number of aromatic nitrogens is 2. The molecule has 4 nitrogen and oxygen atoms in total. The van der Waals surface area contributed by atoms with Crippen molar-refractivity contribution in [2.75, 3.05) is 7.11 Å². The molecule has 0 fully saturated rings. The summed E-state index contributed by atoms with van der Waals surface area (Å²) in [7, 11) is 1.39. The van der Waals surface area contributed by atoms with Crippen molar-refractivity contribution in [3.63, 3.8) is 0 Å². The van der Waals surface area contributed by atoms with Gasteiger partial charge in [0.15, 0.2) is 0 Å². The number of fused-ring (bicyclic) bond motifs is 5. The van der Waals surface area contributed by atoms with Crippen molar-refractivity contribution >= 4 is 38.5 Å². The summed E-state index contributed by atoms with van der Waals surface area (Å²) in [6.45, 7) is 0. The van der Waals surface area contributed by atoms with Crippen LogP contribution in [0.4, 0.5) is 0 Å². The molecule has 0 bridgehead atoms. The van der Waals surface area contributed by atoms with Crippen LogP contribution in [0.15, 0.2) is 73.1 Å². The zero-order valence-electron chi connectivity index (χ0n) is 14.7. The van der Waals surface area contributed by atoms with E-state index in [9.17, 15) is 4.79 Å². The van der Waals surface area contributed by atoms with Crippen molar-refractivity contribution in [2.24, 2.45) is 0 Å². The summed E-state index contributed by atoms with van der Waals surface area (Å²) >= 11 is 0. The molecule has 3 aromatic carbocycles. The molecular weight excluding hydrogens is 336 g/mol. The second-order valence-corrected chi connectivity index (χ2v) is 6.48. The number of carbonyl (C=O) groups excluding carboxylic acids is 1. The van der Waals surface area contributed by atoms with Crippen LogP contribution in [0.5, 0.6) is 0 Å². The lowest BCUT2D eigenvalue weighted by Crippen LogP contribution is -2.04. The maximum Gasteiger partial charge on any atom is 0.338 e. The highest BCUT2D eigenvalue weighted by Gasteiger charge is 2.18. The molecule has 5 rings (SSSR count). The zero-order valence-corrected chi connectivity index (χ0v) is 14.7. The SMILES string of the molecule is COC(=O)c1ccncc1-c1cc2[nH]c3ccccc3c2c2ccccc12. The van der Waals surface area contributed by atoms with E-state index < -0.39 is 0 Å². The van der Waals surface area contributed by atoms with Crippen molar-refractivity contribution in [2.45, 2.75) is 0 Å². The predicted molar refractivity (Wildman–Crippen MR) is 108 cm³/mol. The lowest BCUT2D eigenvalue weighted by atomic mass is 9.93. The maximum absolute atomic E-state index is 12.3. The van der Waals surface area contributed by atoms with Crippen molar-refractivity contribution in [3.05, 3.63) is 78.6 Å². The Morgan fingerprint density at radius 3 is 2.44 bits per heavy atom. The molecule has 2 aromatic heterocycles. The van der Waals surface area contributed by atoms with E-state index in [2.05, 4.69) is 46.4 Å². The van der Waals surface area contributed by atoms with Gasteiger partial charge in [0.1, 0.15) is 0 Å². The number of hydrogen-bond donors (Lipinski definition) is 1. The van der Waals surface area contributed by atoms with Gasteiger partial charge in [0, 0.05) is 39.8 Å². The molecule has 2 heterocycles. The van der Waals surface area contributed by atoms with E-state index in [4.69, 9.17) is 4.74 Å². The normalized spacial score (nSPS) is 11.3. The Morgan fingerprint density at radius 1 is 0.889 bits per heavy atom. The van der Waals surface area contributed by atoms with Crippen molar-refractivity contribution in [3.8, 4) is 11.1 Å². The van der Waals surface area contributed by atoms with E-state index in [1.165, 1.54) is 17.9 Å². The minimum Gasteiger partial charge on any atom is -0.465 e. The number of hydrogen-bond acceptors (Lipinski definition) is 3. The van der Waals surface area contributed by atoms with E-state index in [1.807, 2.05) is 18.2 Å². The molecule has 0 unspecified atom stereocenters. The van der Waals surface area contributed by atoms with E-state index in [0.717, 1.165) is 32.9 Å². The van der Waals surface area contributed by atoms with Crippen molar-refractivity contribution < 1.29 is 9.53 Å². The van der Waals surface area contributed by atoms with Crippen LogP contribution >= 0.6 is 0 Å². The molecule has 0 atom stereocenters. The van der Waals surface area contributed by atoms with Crippen LogP contribution < -0.4 is 0 Å². The average molecular weight is 352 g/mol. The molecule has 0 aliphatic heterocycles. The Morgan fingerprint density at radius 2 is 1.63 bits per heavy atom. The summed E-state index contributed by atoms with van der Waals surface area (Å²) in [5, 5.41) is 4.60. The Balaban J connectivity index is 1.94. The summed E-state index contributed by atoms with van der Waals surface area (Å²) in [5.74, 6) is -0.367. The van der Waals surface area contributed by atoms with Gasteiger partial charge in [-0.3, -0.25) is 4.98 Å². The number of benzene rings is 3. The fraction of sp³-hybridized carbons (Fsp3) is 0.0435. The number of methoxy groups -OCH3 is 1. The van der Waals surface area contributed by atoms with E-state index in [0.29, 0.717) is 5.56 Å². The first-order valence-electron chi connectivity index (χ1n) is 8.73. The molecule has 0 saturated carbocycles. The Hall–Kier alpha value is -3.66. The van der Waals surface area contributed by atoms with Crippen molar-refractivity contribution in [1.29, 1.82) is 0 Å². The fourth-order valence-corrected chi connectivity index (χ4v) is 3.84. The van der Waals surface area contributed by atoms with Crippen LogP contribution in [0.25, 0.3) is 43.7 Å². The number of H-pyrrole nitrogens is 1. The highest BCUT2D eigenvalue weighted by Crippen LogP contribution is 2.39. The van der Waals surface area contributed by atoms with Crippen LogP contribution in [0.1, 0.15) is 10.4 Å². The van der Waals surface area contributed by atoms with Gasteiger partial charge in [0.25, 0.3) is 0 Å². The number of pyridine rings is 1. The molecule has 0 spiro atoms. The molecule has 5 aromatic rings. The predicted octanol–water partition coefficient (Wildman–Crippen LogP) is 5.32. The average Bonchev–Trinajstić information content (AvgIpc) is 3.11. The number of nitrogens with one attached hydrogen (secondary N) is 1. The number of ether oxygens (including phenoxy) is 1. The summed E-state index contributed by atoms with van der Waals surface area (Å²) in [5.41, 5.74) is 4.35. The number of esters is 1. The standard InChI is InChI=1S/C23H16N2O2/c1-27-23(26)16-10-11-24-13-19(16)18-12-21-22(15-7-3-2-6-14(15)18)17-8-4-5-9-20(17)25-21/h2-13,25H,1H3. The van der Waals surface area contributed by atoms with E-state index in [1.54, 1.807) is 18.5 Å². The Kier molecular flexibility index (Phi) is 3.44. The van der Waals surface area contributed by atoms with Crippen LogP contribution in [0.2, 0.25) is 0 Å². The van der Waals surface area contributed by atoms with E-state index in [-0.39, 0.29) is 5.97 Å². The second-order valence-electron chi connectivity index (χ2n) is 6.48. The topological polar surface area (TPSA) is 55.0 Å².